The maximum absolute atomic E-state index is 16.2. The lowest BCUT2D eigenvalue weighted by Gasteiger charge is -2.35. The summed E-state index contributed by atoms with van der Waals surface area (Å²) < 4.78 is 61.1. The quantitative estimate of drug-likeness (QED) is 0.187. The Balaban J connectivity index is 1.19. The summed E-state index contributed by atoms with van der Waals surface area (Å²) in [4.78, 5) is 29.7. The van der Waals surface area contributed by atoms with Crippen LogP contribution < -0.4 is 11.1 Å². The van der Waals surface area contributed by atoms with Crippen LogP contribution in [-0.2, 0) is 19.1 Å². The minimum atomic E-state index is -4.61. The third-order valence-electron chi connectivity index (χ3n) is 10.8. The number of carbonyl (C=O) groups excluding carboxylic acids is 1. The van der Waals surface area contributed by atoms with Gasteiger partial charge in [-0.25, -0.2) is 19.3 Å². The maximum Gasteiger partial charge on any atom is 0.433 e. The number of nitrogens with two attached hydrogens (primary N) is 1. The van der Waals surface area contributed by atoms with Crippen LogP contribution in [0.15, 0.2) is 42.5 Å². The summed E-state index contributed by atoms with van der Waals surface area (Å²) in [6.45, 7) is 6.18. The van der Waals surface area contributed by atoms with Gasteiger partial charge in [-0.05, 0) is 113 Å². The fourth-order valence-corrected chi connectivity index (χ4v) is 7.85. The number of amides is 1. The first-order chi connectivity index (χ1) is 24.5. The van der Waals surface area contributed by atoms with Gasteiger partial charge >= 0.3 is 6.18 Å². The van der Waals surface area contributed by atoms with Crippen LogP contribution in [0.5, 0.6) is 0 Å². The normalized spacial score (nSPS) is 21.5. The Morgan fingerprint density at radius 3 is 2.55 bits per heavy atom. The van der Waals surface area contributed by atoms with Crippen molar-refractivity contribution >= 4 is 28.0 Å². The van der Waals surface area contributed by atoms with Gasteiger partial charge in [0.05, 0.1) is 34.2 Å². The zero-order chi connectivity index (χ0) is 35.6. The second-order valence-corrected chi connectivity index (χ2v) is 14.5. The number of rotatable bonds is 4. The molecule has 1 saturated carbocycles. The van der Waals surface area contributed by atoms with Gasteiger partial charge in [0.2, 0.25) is 0 Å². The van der Waals surface area contributed by atoms with Gasteiger partial charge in [0.15, 0.2) is 5.82 Å². The lowest BCUT2D eigenvalue weighted by molar-refractivity contribution is -0.141. The van der Waals surface area contributed by atoms with Crippen molar-refractivity contribution in [3.63, 3.8) is 0 Å². The molecule has 1 saturated heterocycles. The van der Waals surface area contributed by atoms with E-state index in [1.807, 2.05) is 18.2 Å². The van der Waals surface area contributed by atoms with Crippen molar-refractivity contribution in [2.45, 2.75) is 102 Å². The third kappa shape index (κ3) is 6.39. The Hall–Kier alpha value is -4.36. The number of benzene rings is 1. The average molecular weight is 703 g/mol. The largest absolute Gasteiger partial charge is 0.433 e. The average Bonchev–Trinajstić information content (AvgIpc) is 3.77. The molecule has 2 fully saturated rings. The monoisotopic (exact) mass is 702 g/mol. The lowest BCUT2D eigenvalue weighted by atomic mass is 10.0. The molecule has 2 bridgehead atoms. The van der Waals surface area contributed by atoms with Crippen molar-refractivity contribution in [1.82, 2.24) is 34.3 Å². The molecule has 8 rings (SSSR count). The number of hydrogen-bond acceptors (Lipinski definition) is 6. The van der Waals surface area contributed by atoms with Crippen molar-refractivity contribution in [2.24, 2.45) is 5.73 Å². The summed E-state index contributed by atoms with van der Waals surface area (Å²) in [5.74, 6) is -0.0900. The molecule has 3 N–H and O–H groups in total. The van der Waals surface area contributed by atoms with E-state index >= 15 is 4.39 Å². The molecule has 1 amide bonds. The zero-order valence-electron chi connectivity index (χ0n) is 28.8. The summed E-state index contributed by atoms with van der Waals surface area (Å²) in [7, 11) is 0. The molecule has 3 atom stereocenters. The Morgan fingerprint density at radius 1 is 0.961 bits per heavy atom. The molecule has 51 heavy (non-hydrogen) atoms. The summed E-state index contributed by atoms with van der Waals surface area (Å²) in [6.07, 6.45) is 1.45. The standard InChI is InChI=1S/C38H42F4N8O/c1-21-29-13-9-23-19-32(49(35(23)46-29)16-5-3-4-8-30-27(37(51)44-21)12-14-33(45-30)38(40,41)42)36-47-31-18-24(22(2)48-15-6-7-25(43)20-48)17-28(39)34(31)50(36)26-10-11-26/h9,12-14,17-19,21-22,25-26H,3-8,10-11,15-16,20,43H2,1-2H3,(H,44,51)/t21-,22+,25-/m1/s1. The predicted molar refractivity (Wildman–Crippen MR) is 187 cm³/mol. The van der Waals surface area contributed by atoms with E-state index in [9.17, 15) is 18.0 Å². The molecule has 0 radical (unpaired) electrons. The Kier molecular flexibility index (Phi) is 8.61. The van der Waals surface area contributed by atoms with Gasteiger partial charge in [0.1, 0.15) is 22.7 Å². The van der Waals surface area contributed by atoms with Gasteiger partial charge < -0.3 is 20.2 Å². The highest BCUT2D eigenvalue weighted by atomic mass is 19.4. The molecule has 9 nitrogen and oxygen atoms in total. The van der Waals surface area contributed by atoms with E-state index < -0.39 is 23.8 Å². The molecule has 268 valence electrons. The second kappa shape index (κ2) is 13.0. The predicted octanol–water partition coefficient (Wildman–Crippen LogP) is 7.64. The third-order valence-corrected chi connectivity index (χ3v) is 10.8. The van der Waals surface area contributed by atoms with Crippen molar-refractivity contribution in [2.75, 3.05) is 13.1 Å². The van der Waals surface area contributed by atoms with Crippen LogP contribution in [0, 0.1) is 5.82 Å². The molecular formula is C38H42F4N8O. The number of aromatic nitrogens is 5. The number of carbonyl (C=O) groups is 1. The van der Waals surface area contributed by atoms with Crippen molar-refractivity contribution in [1.29, 1.82) is 0 Å². The molecular weight excluding hydrogens is 660 g/mol. The number of aryl methyl sites for hydroxylation is 2. The van der Waals surface area contributed by atoms with Gasteiger partial charge in [0, 0.05) is 36.6 Å². The highest BCUT2D eigenvalue weighted by molar-refractivity contribution is 5.95. The van der Waals surface area contributed by atoms with Gasteiger partial charge in [-0.15, -0.1) is 0 Å². The highest BCUT2D eigenvalue weighted by Crippen LogP contribution is 2.44. The first kappa shape index (κ1) is 33.8. The van der Waals surface area contributed by atoms with Crippen molar-refractivity contribution in [3.8, 4) is 11.5 Å². The fourth-order valence-electron chi connectivity index (χ4n) is 7.85. The van der Waals surface area contributed by atoms with E-state index in [1.54, 1.807) is 13.0 Å². The summed E-state index contributed by atoms with van der Waals surface area (Å²) in [5.41, 5.74) is 9.73. The zero-order valence-corrected chi connectivity index (χ0v) is 28.8. The molecule has 13 heteroatoms. The number of hydrogen-bond donors (Lipinski definition) is 2. The van der Waals surface area contributed by atoms with Crippen LogP contribution in [-0.4, -0.2) is 54.0 Å². The second-order valence-electron chi connectivity index (χ2n) is 14.5. The minimum absolute atomic E-state index is 0.00427. The molecule has 0 spiro atoms. The number of fused-ring (bicyclic) bond motifs is 3. The fraction of sp³-hybridized carbons (Fsp3) is 0.474. The van der Waals surface area contributed by atoms with Crippen LogP contribution in [0.4, 0.5) is 17.6 Å². The molecule has 4 aromatic heterocycles. The first-order valence-electron chi connectivity index (χ1n) is 18.1. The van der Waals surface area contributed by atoms with Crippen molar-refractivity contribution < 1.29 is 22.4 Å². The number of imidazole rings is 1. The number of likely N-dealkylation sites (tertiary alicyclic amines) is 1. The number of nitrogens with one attached hydrogen (secondary N) is 1. The van der Waals surface area contributed by atoms with E-state index in [0.717, 1.165) is 67.1 Å². The molecule has 6 heterocycles. The van der Waals surface area contributed by atoms with Gasteiger partial charge in [0.25, 0.3) is 5.91 Å². The summed E-state index contributed by atoms with van der Waals surface area (Å²) in [6, 6.07) is 11.3. The highest BCUT2D eigenvalue weighted by Gasteiger charge is 2.35. The van der Waals surface area contributed by atoms with Crippen molar-refractivity contribution in [3.05, 3.63) is 76.5 Å². The lowest BCUT2D eigenvalue weighted by Crippen LogP contribution is -2.43. The number of halogens is 4. The maximum atomic E-state index is 16.2. The Morgan fingerprint density at radius 2 is 1.78 bits per heavy atom. The number of alkyl halides is 3. The minimum Gasteiger partial charge on any atom is -0.344 e. The SMILES string of the molecule is C[C@H]1NC(=O)c2ccc(C(F)(F)F)nc2CCCCCn2c(-c3nc4cc([C@H](C)N5CCC[C@@H](N)C5)cc(F)c4n3C3CC3)cc3ccc1nc32. The molecule has 0 unspecified atom stereocenters. The summed E-state index contributed by atoms with van der Waals surface area (Å²) >= 11 is 0. The van der Waals surface area contributed by atoms with Crippen LogP contribution in [0.1, 0.15) is 110 Å². The smallest absolute Gasteiger partial charge is 0.344 e. The van der Waals surface area contributed by atoms with Crippen LogP contribution >= 0.6 is 0 Å². The topological polar surface area (TPSA) is 107 Å². The van der Waals surface area contributed by atoms with Crippen LogP contribution in [0.25, 0.3) is 33.6 Å². The molecule has 2 aliphatic heterocycles. The Bertz CT molecular complexity index is 2130. The van der Waals surface area contributed by atoms with E-state index in [1.165, 1.54) is 6.07 Å². The van der Waals surface area contributed by atoms with Gasteiger partial charge in [-0.2, -0.15) is 13.2 Å². The summed E-state index contributed by atoms with van der Waals surface area (Å²) in [5, 5.41) is 3.83. The van der Waals surface area contributed by atoms with E-state index in [0.29, 0.717) is 48.4 Å². The van der Waals surface area contributed by atoms with E-state index in [4.69, 9.17) is 15.7 Å². The van der Waals surface area contributed by atoms with E-state index in [-0.39, 0.29) is 41.6 Å². The first-order valence-corrected chi connectivity index (χ1v) is 18.1. The Labute approximate surface area is 293 Å². The van der Waals surface area contributed by atoms with Crippen LogP contribution in [0.2, 0.25) is 0 Å². The number of piperidine rings is 1. The molecule has 5 aromatic rings. The van der Waals surface area contributed by atoms with E-state index in [2.05, 4.69) is 37.3 Å². The van der Waals surface area contributed by atoms with Gasteiger partial charge in [-0.1, -0.05) is 6.42 Å². The number of nitrogens with zero attached hydrogens (tertiary/aromatic N) is 6. The molecule has 1 aromatic carbocycles. The molecule has 1 aliphatic carbocycles. The van der Waals surface area contributed by atoms with Gasteiger partial charge in [-0.3, -0.25) is 9.69 Å². The molecule has 3 aliphatic rings. The number of pyridine rings is 2. The van der Waals surface area contributed by atoms with Crippen LogP contribution in [0.3, 0.4) is 0 Å².